The summed E-state index contributed by atoms with van der Waals surface area (Å²) in [6.07, 6.45) is 1.71. The molecule has 0 saturated heterocycles. The van der Waals surface area contributed by atoms with Gasteiger partial charge in [0.2, 0.25) is 0 Å². The fraction of sp³-hybridized carbons (Fsp3) is 0.143. The standard InChI is InChI=1S/C7H10N4.2ClH/c8-7(9)11-5-6-3-1-2-4-10-6;;/h1-4H,5H2,(H4,8,9,11);2*1H. The van der Waals surface area contributed by atoms with Crippen LogP contribution in [0.5, 0.6) is 0 Å². The number of pyridine rings is 1. The Morgan fingerprint density at radius 1 is 1.31 bits per heavy atom. The van der Waals surface area contributed by atoms with Gasteiger partial charge >= 0.3 is 0 Å². The number of aliphatic imine (C=N–C) groups is 1. The average molecular weight is 223 g/mol. The zero-order chi connectivity index (χ0) is 8.10. The van der Waals surface area contributed by atoms with E-state index in [9.17, 15) is 0 Å². The highest BCUT2D eigenvalue weighted by molar-refractivity contribution is 5.85. The van der Waals surface area contributed by atoms with Crippen molar-refractivity contribution in [2.75, 3.05) is 0 Å². The quantitative estimate of drug-likeness (QED) is 0.572. The van der Waals surface area contributed by atoms with E-state index in [1.165, 1.54) is 0 Å². The van der Waals surface area contributed by atoms with Gasteiger partial charge in [-0.3, -0.25) is 4.98 Å². The van der Waals surface area contributed by atoms with Crippen molar-refractivity contribution in [1.82, 2.24) is 4.98 Å². The Morgan fingerprint density at radius 2 is 2.00 bits per heavy atom. The monoisotopic (exact) mass is 222 g/mol. The summed E-state index contributed by atoms with van der Waals surface area (Å²) >= 11 is 0. The molecule has 1 rings (SSSR count). The molecule has 0 aliphatic heterocycles. The van der Waals surface area contributed by atoms with Gasteiger partial charge in [0.25, 0.3) is 0 Å². The first-order valence-electron chi connectivity index (χ1n) is 3.24. The van der Waals surface area contributed by atoms with Gasteiger partial charge in [-0.2, -0.15) is 0 Å². The van der Waals surface area contributed by atoms with Gasteiger partial charge in [-0.1, -0.05) is 6.07 Å². The van der Waals surface area contributed by atoms with Crippen molar-refractivity contribution in [3.63, 3.8) is 0 Å². The molecule has 0 amide bonds. The second kappa shape index (κ2) is 7.64. The molecule has 1 aromatic rings. The fourth-order valence-corrected chi connectivity index (χ4v) is 0.664. The fourth-order valence-electron chi connectivity index (χ4n) is 0.664. The van der Waals surface area contributed by atoms with Crippen LogP contribution in [0.2, 0.25) is 0 Å². The number of nitrogens with two attached hydrogens (primary N) is 2. The third-order valence-corrected chi connectivity index (χ3v) is 1.15. The van der Waals surface area contributed by atoms with Crippen molar-refractivity contribution >= 4 is 30.8 Å². The van der Waals surface area contributed by atoms with Gasteiger partial charge in [-0.15, -0.1) is 24.8 Å². The minimum absolute atomic E-state index is 0. The van der Waals surface area contributed by atoms with E-state index in [4.69, 9.17) is 11.5 Å². The molecular weight excluding hydrogens is 211 g/mol. The van der Waals surface area contributed by atoms with Crippen LogP contribution in [0.25, 0.3) is 0 Å². The lowest BCUT2D eigenvalue weighted by atomic mass is 10.3. The third kappa shape index (κ3) is 6.19. The van der Waals surface area contributed by atoms with E-state index >= 15 is 0 Å². The highest BCUT2D eigenvalue weighted by atomic mass is 35.5. The van der Waals surface area contributed by atoms with Gasteiger partial charge in [-0.25, -0.2) is 4.99 Å². The molecule has 0 aliphatic carbocycles. The lowest BCUT2D eigenvalue weighted by Gasteiger charge is -1.93. The molecule has 0 spiro atoms. The predicted octanol–water partition coefficient (Wildman–Crippen LogP) is 0.699. The molecule has 0 fully saturated rings. The van der Waals surface area contributed by atoms with Crippen LogP contribution in [0.3, 0.4) is 0 Å². The van der Waals surface area contributed by atoms with Crippen molar-refractivity contribution in [1.29, 1.82) is 0 Å². The highest BCUT2D eigenvalue weighted by Crippen LogP contribution is 1.93. The summed E-state index contributed by atoms with van der Waals surface area (Å²) in [5, 5.41) is 0. The molecule has 1 heterocycles. The second-order valence-corrected chi connectivity index (χ2v) is 2.06. The number of hydrogen-bond donors (Lipinski definition) is 2. The summed E-state index contributed by atoms with van der Waals surface area (Å²) in [5.74, 6) is 0.0932. The minimum atomic E-state index is 0. The predicted molar refractivity (Wildman–Crippen MR) is 58.2 cm³/mol. The van der Waals surface area contributed by atoms with Gasteiger partial charge in [0.1, 0.15) is 0 Å². The normalized spacial score (nSPS) is 7.69. The number of guanidine groups is 1. The van der Waals surface area contributed by atoms with E-state index < -0.39 is 0 Å². The second-order valence-electron chi connectivity index (χ2n) is 2.06. The largest absolute Gasteiger partial charge is 0.370 e. The smallest absolute Gasteiger partial charge is 0.186 e. The molecule has 4 nitrogen and oxygen atoms in total. The van der Waals surface area contributed by atoms with Gasteiger partial charge < -0.3 is 11.5 Å². The maximum absolute atomic E-state index is 5.14. The molecule has 0 unspecified atom stereocenters. The molecule has 0 bridgehead atoms. The van der Waals surface area contributed by atoms with Crippen LogP contribution >= 0.6 is 24.8 Å². The van der Waals surface area contributed by atoms with E-state index in [1.807, 2.05) is 18.2 Å². The molecule has 0 radical (unpaired) electrons. The van der Waals surface area contributed by atoms with Crippen LogP contribution in [0, 0.1) is 0 Å². The van der Waals surface area contributed by atoms with Crippen LogP contribution in [-0.4, -0.2) is 10.9 Å². The number of aromatic nitrogens is 1. The maximum Gasteiger partial charge on any atom is 0.186 e. The highest BCUT2D eigenvalue weighted by Gasteiger charge is 1.88. The van der Waals surface area contributed by atoms with E-state index in [1.54, 1.807) is 6.20 Å². The first kappa shape index (κ1) is 14.5. The molecule has 0 saturated carbocycles. The van der Waals surface area contributed by atoms with Crippen LogP contribution < -0.4 is 11.5 Å². The van der Waals surface area contributed by atoms with Gasteiger partial charge in [0, 0.05) is 6.20 Å². The van der Waals surface area contributed by atoms with Gasteiger partial charge in [0.15, 0.2) is 5.96 Å². The summed E-state index contributed by atoms with van der Waals surface area (Å²) in [6, 6.07) is 5.61. The number of rotatable bonds is 2. The summed E-state index contributed by atoms with van der Waals surface area (Å²) in [6.45, 7) is 0.448. The van der Waals surface area contributed by atoms with E-state index in [0.717, 1.165) is 5.69 Å². The Hall–Kier alpha value is -1.00. The Kier molecular flexibility index (Phi) is 8.53. The summed E-state index contributed by atoms with van der Waals surface area (Å²) in [4.78, 5) is 7.84. The zero-order valence-electron chi connectivity index (χ0n) is 6.88. The Bertz CT molecular complexity index is 246. The van der Waals surface area contributed by atoms with E-state index in [0.29, 0.717) is 6.54 Å². The van der Waals surface area contributed by atoms with E-state index in [2.05, 4.69) is 9.98 Å². The molecule has 0 atom stereocenters. The van der Waals surface area contributed by atoms with Gasteiger partial charge in [-0.05, 0) is 12.1 Å². The molecule has 13 heavy (non-hydrogen) atoms. The number of hydrogen-bond acceptors (Lipinski definition) is 2. The van der Waals surface area contributed by atoms with Crippen molar-refractivity contribution in [2.45, 2.75) is 6.54 Å². The van der Waals surface area contributed by atoms with Crippen LogP contribution in [0.4, 0.5) is 0 Å². The van der Waals surface area contributed by atoms with Gasteiger partial charge in [0.05, 0.1) is 12.2 Å². The summed E-state index contributed by atoms with van der Waals surface area (Å²) < 4.78 is 0. The molecule has 74 valence electrons. The summed E-state index contributed by atoms with van der Waals surface area (Å²) in [7, 11) is 0. The molecule has 0 aromatic carbocycles. The topological polar surface area (TPSA) is 77.3 Å². The Labute approximate surface area is 89.3 Å². The molecule has 6 heteroatoms. The summed E-state index contributed by atoms with van der Waals surface area (Å²) in [5.41, 5.74) is 11.1. The van der Waals surface area contributed by atoms with Crippen molar-refractivity contribution in [3.8, 4) is 0 Å². The van der Waals surface area contributed by atoms with Crippen LogP contribution in [0.15, 0.2) is 29.4 Å². The third-order valence-electron chi connectivity index (χ3n) is 1.15. The molecular formula is C7H12Cl2N4. The lowest BCUT2D eigenvalue weighted by molar-refractivity contribution is 0.982. The molecule has 4 N–H and O–H groups in total. The first-order valence-corrected chi connectivity index (χ1v) is 3.24. The zero-order valence-corrected chi connectivity index (χ0v) is 8.52. The van der Waals surface area contributed by atoms with Crippen LogP contribution in [-0.2, 0) is 6.54 Å². The molecule has 1 aromatic heterocycles. The molecule has 0 aliphatic rings. The van der Waals surface area contributed by atoms with Crippen LogP contribution in [0.1, 0.15) is 5.69 Å². The van der Waals surface area contributed by atoms with Crippen molar-refractivity contribution in [2.24, 2.45) is 16.5 Å². The lowest BCUT2D eigenvalue weighted by Crippen LogP contribution is -2.22. The van der Waals surface area contributed by atoms with Crippen molar-refractivity contribution < 1.29 is 0 Å². The first-order chi connectivity index (χ1) is 5.29. The SMILES string of the molecule is Cl.Cl.NC(N)=NCc1ccccn1. The number of nitrogens with zero attached hydrogens (tertiary/aromatic N) is 2. The Balaban J connectivity index is 0. The minimum Gasteiger partial charge on any atom is -0.370 e. The number of halogens is 2. The van der Waals surface area contributed by atoms with Crippen molar-refractivity contribution in [3.05, 3.63) is 30.1 Å². The van der Waals surface area contributed by atoms with E-state index in [-0.39, 0.29) is 30.8 Å². The average Bonchev–Trinajstić information content (AvgIpc) is 2.03. The Morgan fingerprint density at radius 3 is 2.46 bits per heavy atom. The maximum atomic E-state index is 5.14.